The van der Waals surface area contributed by atoms with Crippen LogP contribution in [0.15, 0.2) is 65.7 Å². The molecule has 2 atom stereocenters. The molecule has 2 aromatic heterocycles. The maximum atomic E-state index is 16.8. The predicted octanol–water partition coefficient (Wildman–Crippen LogP) is 5.40. The van der Waals surface area contributed by atoms with Gasteiger partial charge in [0, 0.05) is 78.8 Å². The number of anilines is 3. The molecule has 15 heteroatoms. The first-order valence-electron chi connectivity index (χ1n) is 17.5. The van der Waals surface area contributed by atoms with E-state index in [1.807, 2.05) is 36.8 Å². The smallest absolute Gasteiger partial charge is 0.261 e. The van der Waals surface area contributed by atoms with Crippen molar-refractivity contribution in [2.24, 2.45) is 5.84 Å². The Hall–Kier alpha value is -4.65. The Labute approximate surface area is 312 Å². The number of nitrogens with two attached hydrogens (primary N) is 1. The minimum absolute atomic E-state index is 0.0154. The first-order chi connectivity index (χ1) is 25.5. The zero-order valence-corrected chi connectivity index (χ0v) is 31.5. The third-order valence-electron chi connectivity index (χ3n) is 9.76. The summed E-state index contributed by atoms with van der Waals surface area (Å²) < 4.78 is 55.5. The van der Waals surface area contributed by atoms with E-state index in [4.69, 9.17) is 27.1 Å². The summed E-state index contributed by atoms with van der Waals surface area (Å²) in [5.74, 6) is 6.84. The third kappa shape index (κ3) is 7.45. The SMILES string of the molecule is C#Cc1c(F)ccc2cccc(-c3ncc4c(N5CC6CCC(C5)N6)nc(N5CC(N(C)c6cccc(S(=O)(=O)Cl)c6)C5)nc4c3F)c12.CC.CNN. The number of hydrazine groups is 1. The Balaban J connectivity index is 0.000000916. The van der Waals surface area contributed by atoms with Crippen LogP contribution in [-0.2, 0) is 9.05 Å². The first-order valence-corrected chi connectivity index (χ1v) is 19.8. The standard InChI is InChI=1S/C35H30ClF2N7O2S.C2H6.CH6N2/c1-3-26-29(37)13-10-20-6-4-9-27(30(20)26)32-31(38)33-28(15-39-32)34(44-16-21-11-12-22(17-44)40-21)42-35(41-33)45-18-24(19-45)43(2)23-7-5-8-25(14-23)48(36,46)47;1-2;1-3-2/h1,4-10,13-15,21-22,24,40H,11-12,16-19H2,2H3;1-2H3;3H,2H2,1H3. The van der Waals surface area contributed by atoms with E-state index >= 15 is 4.39 Å². The quantitative estimate of drug-likeness (QED) is 0.0890. The molecule has 5 heterocycles. The van der Waals surface area contributed by atoms with E-state index in [-0.39, 0.29) is 27.7 Å². The number of pyridine rings is 1. The average molecular weight is 762 g/mol. The van der Waals surface area contributed by atoms with Gasteiger partial charge in [0.1, 0.15) is 22.8 Å². The van der Waals surface area contributed by atoms with Crippen LogP contribution in [0.2, 0.25) is 0 Å². The second-order valence-electron chi connectivity index (χ2n) is 12.9. The summed E-state index contributed by atoms with van der Waals surface area (Å²) in [4.78, 5) is 20.5. The molecule has 278 valence electrons. The minimum Gasteiger partial charge on any atom is -0.368 e. The van der Waals surface area contributed by atoms with E-state index in [0.29, 0.717) is 64.3 Å². The van der Waals surface area contributed by atoms with Gasteiger partial charge in [-0.05, 0) is 49.5 Å². The summed E-state index contributed by atoms with van der Waals surface area (Å²) in [6, 6.07) is 15.3. The van der Waals surface area contributed by atoms with Gasteiger partial charge in [-0.15, -0.1) is 6.42 Å². The van der Waals surface area contributed by atoms with Crippen molar-refractivity contribution in [2.45, 2.75) is 49.7 Å². The number of rotatable bonds is 6. The molecule has 3 aliphatic rings. The number of nitrogens with zero attached hydrogens (tertiary/aromatic N) is 6. The molecule has 2 bridgehead atoms. The van der Waals surface area contributed by atoms with Crippen LogP contribution in [0.3, 0.4) is 0 Å². The Morgan fingerprint density at radius 3 is 2.36 bits per heavy atom. The highest BCUT2D eigenvalue weighted by atomic mass is 35.7. The number of nitrogens with one attached hydrogen (secondary N) is 2. The number of likely N-dealkylation sites (N-methyl/N-ethyl adjacent to an activating group) is 1. The van der Waals surface area contributed by atoms with Gasteiger partial charge in [-0.2, -0.15) is 4.98 Å². The Morgan fingerprint density at radius 2 is 1.70 bits per heavy atom. The molecule has 0 aliphatic carbocycles. The second-order valence-corrected chi connectivity index (χ2v) is 15.5. The van der Waals surface area contributed by atoms with Crippen LogP contribution >= 0.6 is 10.7 Å². The molecule has 3 aromatic carbocycles. The van der Waals surface area contributed by atoms with Crippen LogP contribution in [0.25, 0.3) is 32.9 Å². The zero-order valence-electron chi connectivity index (χ0n) is 29.9. The van der Waals surface area contributed by atoms with E-state index in [0.717, 1.165) is 25.9 Å². The van der Waals surface area contributed by atoms with Crippen LogP contribution < -0.4 is 31.3 Å². The molecule has 4 N–H and O–H groups in total. The van der Waals surface area contributed by atoms with E-state index in [1.54, 1.807) is 49.6 Å². The number of fused-ring (bicyclic) bond motifs is 4. The van der Waals surface area contributed by atoms with Gasteiger partial charge in [0.25, 0.3) is 9.05 Å². The number of piperazine rings is 1. The van der Waals surface area contributed by atoms with Crippen molar-refractivity contribution in [1.29, 1.82) is 0 Å². The largest absolute Gasteiger partial charge is 0.368 e. The van der Waals surface area contributed by atoms with Gasteiger partial charge in [0.2, 0.25) is 5.95 Å². The molecule has 3 fully saturated rings. The average Bonchev–Trinajstić information content (AvgIpc) is 3.48. The van der Waals surface area contributed by atoms with E-state index in [2.05, 4.69) is 32.4 Å². The predicted molar refractivity (Wildman–Crippen MR) is 209 cm³/mol. The maximum absolute atomic E-state index is 16.8. The van der Waals surface area contributed by atoms with Crippen molar-refractivity contribution < 1.29 is 17.2 Å². The van der Waals surface area contributed by atoms with E-state index in [1.165, 1.54) is 12.1 Å². The van der Waals surface area contributed by atoms with Crippen molar-refractivity contribution in [3.05, 3.63) is 78.0 Å². The lowest BCUT2D eigenvalue weighted by Gasteiger charge is -2.45. The number of benzene rings is 3. The van der Waals surface area contributed by atoms with Gasteiger partial charge < -0.3 is 20.0 Å². The minimum atomic E-state index is -3.88. The Bertz CT molecular complexity index is 2290. The Morgan fingerprint density at radius 1 is 1.02 bits per heavy atom. The fourth-order valence-electron chi connectivity index (χ4n) is 7.19. The molecule has 8 rings (SSSR count). The van der Waals surface area contributed by atoms with Gasteiger partial charge >= 0.3 is 0 Å². The fourth-order valence-corrected chi connectivity index (χ4v) is 7.98. The van der Waals surface area contributed by atoms with Gasteiger partial charge in [-0.1, -0.05) is 50.1 Å². The van der Waals surface area contributed by atoms with Crippen molar-refractivity contribution in [3.8, 4) is 23.6 Å². The summed E-state index contributed by atoms with van der Waals surface area (Å²) in [5.41, 5.74) is 3.54. The van der Waals surface area contributed by atoms with Crippen LogP contribution in [-0.4, -0.2) is 81.8 Å². The monoisotopic (exact) mass is 761 g/mol. The highest BCUT2D eigenvalue weighted by Gasteiger charge is 2.37. The van der Waals surface area contributed by atoms with Crippen LogP contribution in [0.1, 0.15) is 32.3 Å². The Kier molecular flexibility index (Phi) is 11.3. The van der Waals surface area contributed by atoms with Crippen molar-refractivity contribution >= 4 is 58.9 Å². The number of terminal acetylenes is 1. The van der Waals surface area contributed by atoms with Crippen LogP contribution in [0.5, 0.6) is 0 Å². The fraction of sp³-hybridized carbons (Fsp3) is 0.342. The molecule has 3 aliphatic heterocycles. The second kappa shape index (κ2) is 15.8. The van der Waals surface area contributed by atoms with E-state index in [9.17, 15) is 12.8 Å². The number of hydrogen-bond acceptors (Lipinski definition) is 11. The van der Waals surface area contributed by atoms with Gasteiger partial charge in [-0.3, -0.25) is 16.3 Å². The molecule has 11 nitrogen and oxygen atoms in total. The summed E-state index contributed by atoms with van der Waals surface area (Å²) in [6.45, 7) is 6.51. The summed E-state index contributed by atoms with van der Waals surface area (Å²) in [6.07, 6.45) is 9.45. The number of hydrogen-bond donors (Lipinski definition) is 3. The number of halogens is 3. The molecule has 2 unspecified atom stereocenters. The van der Waals surface area contributed by atoms with Gasteiger partial charge in [0.05, 0.1) is 21.9 Å². The van der Waals surface area contributed by atoms with Crippen molar-refractivity contribution in [2.75, 3.05) is 55.0 Å². The number of aromatic nitrogens is 3. The highest BCUT2D eigenvalue weighted by Crippen LogP contribution is 2.38. The lowest BCUT2D eigenvalue weighted by molar-refractivity contribution is 0.462. The summed E-state index contributed by atoms with van der Waals surface area (Å²) in [7, 11) is 5.25. The van der Waals surface area contributed by atoms with Crippen molar-refractivity contribution in [1.82, 2.24) is 25.7 Å². The molecule has 0 spiro atoms. The summed E-state index contributed by atoms with van der Waals surface area (Å²) in [5, 5.41) is 5.22. The molecule has 0 radical (unpaired) electrons. The molecule has 5 aromatic rings. The molecule has 53 heavy (non-hydrogen) atoms. The summed E-state index contributed by atoms with van der Waals surface area (Å²) >= 11 is 0. The topological polar surface area (TPSA) is 133 Å². The zero-order chi connectivity index (χ0) is 38.0. The van der Waals surface area contributed by atoms with E-state index < -0.39 is 20.7 Å². The van der Waals surface area contributed by atoms with Crippen molar-refractivity contribution in [3.63, 3.8) is 0 Å². The molecule has 0 amide bonds. The van der Waals surface area contributed by atoms with Gasteiger partial charge in [0.15, 0.2) is 5.82 Å². The van der Waals surface area contributed by atoms with Gasteiger partial charge in [-0.25, -0.2) is 22.2 Å². The first kappa shape index (κ1) is 38.1. The van der Waals surface area contributed by atoms with Crippen LogP contribution in [0, 0.1) is 24.0 Å². The lowest BCUT2D eigenvalue weighted by Crippen LogP contribution is -2.59. The molecular weight excluding hydrogens is 720 g/mol. The maximum Gasteiger partial charge on any atom is 0.261 e. The normalized spacial score (nSPS) is 18.1. The molecule has 3 saturated heterocycles. The third-order valence-corrected chi connectivity index (χ3v) is 11.1. The lowest BCUT2D eigenvalue weighted by atomic mass is 9.96. The molecule has 0 saturated carbocycles. The molecular formula is C38H42ClF2N9O2S. The van der Waals surface area contributed by atoms with Crippen LogP contribution in [0.4, 0.5) is 26.2 Å². The highest BCUT2D eigenvalue weighted by molar-refractivity contribution is 8.13.